The van der Waals surface area contributed by atoms with Crippen molar-refractivity contribution in [3.05, 3.63) is 60.9 Å². The molecule has 2 aromatic heterocycles. The number of ether oxygens (including phenoxy) is 2. The van der Waals surface area contributed by atoms with Crippen molar-refractivity contribution in [2.45, 2.75) is 6.42 Å². The van der Waals surface area contributed by atoms with Crippen molar-refractivity contribution in [3.8, 4) is 27.8 Å². The number of phenols is 1. The summed E-state index contributed by atoms with van der Waals surface area (Å²) in [5.41, 5.74) is 2.81. The topological polar surface area (TPSA) is 95.9 Å². The maximum atomic E-state index is 11.2. The summed E-state index contributed by atoms with van der Waals surface area (Å²) >= 11 is 1.55. The van der Waals surface area contributed by atoms with E-state index in [9.17, 15) is 5.11 Å². The van der Waals surface area contributed by atoms with E-state index in [4.69, 9.17) is 14.5 Å². The highest BCUT2D eigenvalue weighted by molar-refractivity contribution is 7.21. The monoisotopic (exact) mass is 556 g/mol. The molecule has 40 heavy (non-hydrogen) atoms. The summed E-state index contributed by atoms with van der Waals surface area (Å²) in [6.45, 7) is 6.03. The Morgan fingerprint density at radius 1 is 0.975 bits per heavy atom. The van der Waals surface area contributed by atoms with Crippen LogP contribution in [0.2, 0.25) is 0 Å². The van der Waals surface area contributed by atoms with Gasteiger partial charge < -0.3 is 29.7 Å². The first kappa shape index (κ1) is 26.2. The third kappa shape index (κ3) is 5.51. The van der Waals surface area contributed by atoms with Crippen LogP contribution in [0.25, 0.3) is 31.7 Å². The number of nitrogens with zero attached hydrogens (tertiary/aromatic N) is 5. The molecule has 0 bridgehead atoms. The van der Waals surface area contributed by atoms with Gasteiger partial charge in [-0.15, -0.1) is 11.3 Å². The van der Waals surface area contributed by atoms with Crippen LogP contribution >= 0.6 is 11.3 Å². The van der Waals surface area contributed by atoms with Gasteiger partial charge in [-0.25, -0.2) is 15.0 Å². The van der Waals surface area contributed by atoms with Gasteiger partial charge in [0.05, 0.1) is 40.7 Å². The number of methoxy groups -OCH3 is 1. The molecule has 0 atom stereocenters. The molecule has 0 radical (unpaired) electrons. The molecule has 1 saturated heterocycles. The molecule has 0 aliphatic carbocycles. The lowest BCUT2D eigenvalue weighted by Crippen LogP contribution is -2.44. The third-order valence-corrected chi connectivity index (χ3v) is 8.28. The quantitative estimate of drug-likeness (QED) is 0.183. The molecule has 0 saturated carbocycles. The molecule has 5 aromatic rings. The van der Waals surface area contributed by atoms with Crippen molar-refractivity contribution in [1.29, 1.82) is 0 Å². The molecule has 6 rings (SSSR count). The zero-order valence-corrected chi connectivity index (χ0v) is 23.4. The van der Waals surface area contributed by atoms with Crippen LogP contribution in [-0.4, -0.2) is 83.3 Å². The number of aromatic nitrogens is 3. The first-order chi connectivity index (χ1) is 19.6. The lowest BCUT2D eigenvalue weighted by atomic mass is 10.1. The zero-order valence-electron chi connectivity index (χ0n) is 22.6. The van der Waals surface area contributed by atoms with Crippen molar-refractivity contribution in [1.82, 2.24) is 24.8 Å². The van der Waals surface area contributed by atoms with Crippen molar-refractivity contribution in [2.75, 3.05) is 58.8 Å². The Kier molecular flexibility index (Phi) is 7.63. The zero-order chi connectivity index (χ0) is 27.5. The molecule has 0 unspecified atom stereocenters. The summed E-state index contributed by atoms with van der Waals surface area (Å²) in [6.07, 6.45) is 2.44. The average molecular weight is 557 g/mol. The summed E-state index contributed by atoms with van der Waals surface area (Å²) in [4.78, 5) is 18.5. The highest BCUT2D eigenvalue weighted by atomic mass is 32.1. The number of para-hydroxylation sites is 2. The molecule has 2 N–H and O–H groups in total. The molecule has 9 nitrogen and oxygen atoms in total. The van der Waals surface area contributed by atoms with Crippen molar-refractivity contribution in [2.24, 2.45) is 0 Å². The van der Waals surface area contributed by atoms with Gasteiger partial charge in [-0.05, 0) is 43.8 Å². The molecule has 1 aliphatic heterocycles. The van der Waals surface area contributed by atoms with Gasteiger partial charge in [-0.1, -0.05) is 18.2 Å². The molecule has 1 aliphatic rings. The Morgan fingerprint density at radius 2 is 1.82 bits per heavy atom. The van der Waals surface area contributed by atoms with E-state index < -0.39 is 0 Å². The van der Waals surface area contributed by atoms with E-state index in [1.54, 1.807) is 18.4 Å². The predicted molar refractivity (Wildman–Crippen MR) is 160 cm³/mol. The van der Waals surface area contributed by atoms with Crippen LogP contribution in [0.1, 0.15) is 6.42 Å². The van der Waals surface area contributed by atoms with Gasteiger partial charge in [0.1, 0.15) is 22.9 Å². The average Bonchev–Trinajstić information content (AvgIpc) is 3.41. The van der Waals surface area contributed by atoms with E-state index in [0.29, 0.717) is 40.7 Å². The van der Waals surface area contributed by atoms with Crippen LogP contribution in [0.5, 0.6) is 17.2 Å². The van der Waals surface area contributed by atoms with Crippen molar-refractivity contribution < 1.29 is 14.6 Å². The number of aromatic hydroxyl groups is 1. The van der Waals surface area contributed by atoms with E-state index in [1.807, 2.05) is 54.6 Å². The number of benzene rings is 3. The van der Waals surface area contributed by atoms with Crippen LogP contribution in [0.15, 0.2) is 60.9 Å². The lowest BCUT2D eigenvalue weighted by molar-refractivity contribution is 0.145. The SMILES string of the molecule is COc1cc2c(Nc3cccc(-c4nc5ccccc5s4)c3O)ncnc2cc1OCCCN1CCN(C)CC1. The molecule has 206 valence electrons. The summed E-state index contributed by atoms with van der Waals surface area (Å²) in [5.74, 6) is 1.93. The maximum absolute atomic E-state index is 11.2. The largest absolute Gasteiger partial charge is 0.505 e. The fourth-order valence-electron chi connectivity index (χ4n) is 4.91. The van der Waals surface area contributed by atoms with Gasteiger partial charge in [-0.2, -0.15) is 0 Å². The fourth-order valence-corrected chi connectivity index (χ4v) is 5.90. The first-order valence-corrected chi connectivity index (χ1v) is 14.2. The number of likely N-dealkylation sites (N-methyl/N-ethyl adjacent to an activating group) is 1. The van der Waals surface area contributed by atoms with E-state index in [0.717, 1.165) is 59.8 Å². The summed E-state index contributed by atoms with van der Waals surface area (Å²) in [7, 11) is 3.80. The van der Waals surface area contributed by atoms with Crippen LogP contribution in [0.4, 0.5) is 11.5 Å². The number of piperazine rings is 1. The molecule has 3 heterocycles. The van der Waals surface area contributed by atoms with Crippen LogP contribution in [0.3, 0.4) is 0 Å². The Balaban J connectivity index is 1.20. The fraction of sp³-hybridized carbons (Fsp3) is 0.300. The first-order valence-electron chi connectivity index (χ1n) is 13.4. The van der Waals surface area contributed by atoms with Crippen molar-refractivity contribution >= 4 is 44.0 Å². The minimum Gasteiger partial charge on any atom is -0.505 e. The molecule has 3 aromatic carbocycles. The number of thiazole rings is 1. The molecule has 1 fully saturated rings. The van der Waals surface area contributed by atoms with E-state index >= 15 is 0 Å². The predicted octanol–water partition coefficient (Wildman–Crippen LogP) is 5.38. The minimum atomic E-state index is 0.112. The Hall–Kier alpha value is -3.99. The second-order valence-corrected chi connectivity index (χ2v) is 10.9. The number of rotatable bonds is 9. The standard InChI is InChI=1S/C30H32N6O3S/c1-35-12-14-36(15-13-35)11-6-16-39-26-18-24-21(17-25(26)38-2)29(32-19-31-24)33-23-9-5-7-20(28(23)37)30-34-22-8-3-4-10-27(22)40-30/h3-5,7-10,17-19,37H,6,11-16H2,1-2H3,(H,31,32,33). The number of hydrogen-bond donors (Lipinski definition) is 2. The maximum Gasteiger partial charge on any atom is 0.163 e. The Labute approximate surface area is 237 Å². The minimum absolute atomic E-state index is 0.112. The molecule has 10 heteroatoms. The van der Waals surface area contributed by atoms with Gasteiger partial charge in [0.25, 0.3) is 0 Å². The summed E-state index contributed by atoms with van der Waals surface area (Å²) in [5, 5.41) is 16.0. The third-order valence-electron chi connectivity index (χ3n) is 7.21. The molecule has 0 amide bonds. The van der Waals surface area contributed by atoms with Gasteiger partial charge in [0, 0.05) is 44.2 Å². The molecular weight excluding hydrogens is 524 g/mol. The normalized spacial score (nSPS) is 14.6. The van der Waals surface area contributed by atoms with Gasteiger partial charge >= 0.3 is 0 Å². The highest BCUT2D eigenvalue weighted by Crippen LogP contribution is 2.41. The number of hydrogen-bond acceptors (Lipinski definition) is 10. The van der Waals surface area contributed by atoms with Crippen LogP contribution in [-0.2, 0) is 0 Å². The number of fused-ring (bicyclic) bond motifs is 2. The Bertz CT molecular complexity index is 1600. The number of nitrogens with one attached hydrogen (secondary N) is 1. The lowest BCUT2D eigenvalue weighted by Gasteiger charge is -2.32. The summed E-state index contributed by atoms with van der Waals surface area (Å²) in [6, 6.07) is 17.3. The van der Waals surface area contributed by atoms with Crippen LogP contribution < -0.4 is 14.8 Å². The smallest absolute Gasteiger partial charge is 0.163 e. The summed E-state index contributed by atoms with van der Waals surface area (Å²) < 4.78 is 12.9. The van der Waals surface area contributed by atoms with Crippen molar-refractivity contribution in [3.63, 3.8) is 0 Å². The second-order valence-electron chi connectivity index (χ2n) is 9.90. The van der Waals surface area contributed by atoms with E-state index in [2.05, 4.69) is 32.1 Å². The van der Waals surface area contributed by atoms with Gasteiger partial charge in [0.15, 0.2) is 11.5 Å². The Morgan fingerprint density at radius 3 is 2.65 bits per heavy atom. The van der Waals surface area contributed by atoms with Crippen LogP contribution in [0, 0.1) is 0 Å². The molecular formula is C30H32N6O3S. The second kappa shape index (κ2) is 11.6. The van der Waals surface area contributed by atoms with E-state index in [-0.39, 0.29) is 5.75 Å². The number of phenolic OH excluding ortho intramolecular Hbond substituents is 1. The highest BCUT2D eigenvalue weighted by Gasteiger charge is 2.17. The number of anilines is 2. The molecule has 0 spiro atoms. The van der Waals surface area contributed by atoms with Gasteiger partial charge in [-0.3, -0.25) is 0 Å². The van der Waals surface area contributed by atoms with E-state index in [1.165, 1.54) is 6.33 Å². The van der Waals surface area contributed by atoms with Gasteiger partial charge in [0.2, 0.25) is 0 Å².